The summed E-state index contributed by atoms with van der Waals surface area (Å²) < 4.78 is 1.10. The van der Waals surface area contributed by atoms with Crippen LogP contribution in [0.1, 0.15) is 24.3 Å². The van der Waals surface area contributed by atoms with E-state index >= 15 is 0 Å². The standard InChI is InChI=1S/C16H17N3O4/c1-10(2)14(16(22)23)17-15(21)12-8-9-13(20)19(18-12)11-6-4-3-5-7-11/h3-10,14H,1-2H3,(H,17,21)(H,22,23)/t14-/m0/s1. The Morgan fingerprint density at radius 2 is 1.78 bits per heavy atom. The van der Waals surface area contributed by atoms with Crippen LogP contribution in [0.4, 0.5) is 0 Å². The van der Waals surface area contributed by atoms with Crippen LogP contribution in [0.25, 0.3) is 5.69 Å². The lowest BCUT2D eigenvalue weighted by molar-refractivity contribution is -0.140. The van der Waals surface area contributed by atoms with Gasteiger partial charge in [0.25, 0.3) is 11.5 Å². The van der Waals surface area contributed by atoms with E-state index in [0.29, 0.717) is 5.69 Å². The minimum absolute atomic E-state index is 0.0275. The first-order valence-electron chi connectivity index (χ1n) is 7.09. The summed E-state index contributed by atoms with van der Waals surface area (Å²) in [6, 6.07) is 10.1. The van der Waals surface area contributed by atoms with Crippen LogP contribution >= 0.6 is 0 Å². The molecule has 0 radical (unpaired) electrons. The van der Waals surface area contributed by atoms with Crippen LogP contribution in [0.3, 0.4) is 0 Å². The van der Waals surface area contributed by atoms with E-state index in [1.807, 2.05) is 0 Å². The van der Waals surface area contributed by atoms with Gasteiger partial charge in [0.15, 0.2) is 0 Å². The minimum Gasteiger partial charge on any atom is -0.480 e. The van der Waals surface area contributed by atoms with Crippen LogP contribution in [0, 0.1) is 5.92 Å². The number of aliphatic carboxylic acids is 1. The predicted octanol–water partition coefficient (Wildman–Crippen LogP) is 1.07. The van der Waals surface area contributed by atoms with Gasteiger partial charge in [0.05, 0.1) is 5.69 Å². The lowest BCUT2D eigenvalue weighted by Gasteiger charge is -2.17. The predicted molar refractivity (Wildman–Crippen MR) is 83.6 cm³/mol. The molecular weight excluding hydrogens is 298 g/mol. The van der Waals surface area contributed by atoms with Crippen molar-refractivity contribution in [3.63, 3.8) is 0 Å². The van der Waals surface area contributed by atoms with Crippen molar-refractivity contribution in [2.75, 3.05) is 0 Å². The first kappa shape index (κ1) is 16.4. The Morgan fingerprint density at radius 1 is 1.13 bits per heavy atom. The Morgan fingerprint density at radius 3 is 2.35 bits per heavy atom. The minimum atomic E-state index is -1.12. The number of amides is 1. The molecule has 1 aromatic carbocycles. The maximum atomic E-state index is 12.2. The molecule has 0 aliphatic carbocycles. The summed E-state index contributed by atoms with van der Waals surface area (Å²) in [5, 5.41) is 15.6. The summed E-state index contributed by atoms with van der Waals surface area (Å²) >= 11 is 0. The molecular formula is C16H17N3O4. The summed E-state index contributed by atoms with van der Waals surface area (Å²) in [6.45, 7) is 3.38. The average Bonchev–Trinajstić information content (AvgIpc) is 2.53. The van der Waals surface area contributed by atoms with Crippen molar-refractivity contribution in [2.45, 2.75) is 19.9 Å². The van der Waals surface area contributed by atoms with E-state index in [4.69, 9.17) is 5.11 Å². The van der Waals surface area contributed by atoms with Crippen molar-refractivity contribution in [2.24, 2.45) is 5.92 Å². The van der Waals surface area contributed by atoms with Gasteiger partial charge in [-0.3, -0.25) is 9.59 Å². The third-order valence-electron chi connectivity index (χ3n) is 3.25. The van der Waals surface area contributed by atoms with Gasteiger partial charge in [-0.15, -0.1) is 0 Å². The van der Waals surface area contributed by atoms with E-state index in [1.54, 1.807) is 44.2 Å². The van der Waals surface area contributed by atoms with Crippen LogP contribution in [-0.4, -0.2) is 32.8 Å². The zero-order valence-corrected chi connectivity index (χ0v) is 12.8. The molecule has 1 aromatic heterocycles. The van der Waals surface area contributed by atoms with Crippen molar-refractivity contribution in [3.8, 4) is 5.69 Å². The van der Waals surface area contributed by atoms with Gasteiger partial charge < -0.3 is 10.4 Å². The summed E-state index contributed by atoms with van der Waals surface area (Å²) in [7, 11) is 0. The van der Waals surface area contributed by atoms with E-state index in [1.165, 1.54) is 12.1 Å². The van der Waals surface area contributed by atoms with E-state index in [-0.39, 0.29) is 17.2 Å². The third-order valence-corrected chi connectivity index (χ3v) is 3.25. The van der Waals surface area contributed by atoms with Crippen LogP contribution in [0.5, 0.6) is 0 Å². The second-order valence-electron chi connectivity index (χ2n) is 5.34. The Bertz CT molecular complexity index is 768. The van der Waals surface area contributed by atoms with Crippen molar-refractivity contribution in [3.05, 3.63) is 58.5 Å². The normalized spacial score (nSPS) is 12.0. The molecule has 0 bridgehead atoms. The summed E-state index contributed by atoms with van der Waals surface area (Å²) in [5.41, 5.74) is 0.109. The fraction of sp³-hybridized carbons (Fsp3) is 0.250. The van der Waals surface area contributed by atoms with Crippen LogP contribution in [0.15, 0.2) is 47.3 Å². The molecule has 0 fully saturated rings. The largest absolute Gasteiger partial charge is 0.480 e. The third kappa shape index (κ3) is 3.82. The second kappa shape index (κ2) is 6.87. The second-order valence-corrected chi connectivity index (χ2v) is 5.34. The van der Waals surface area contributed by atoms with Crippen molar-refractivity contribution in [1.82, 2.24) is 15.1 Å². The molecule has 1 amide bonds. The number of carboxylic acid groups (broad SMARTS) is 1. The quantitative estimate of drug-likeness (QED) is 0.859. The monoisotopic (exact) mass is 315 g/mol. The van der Waals surface area contributed by atoms with Gasteiger partial charge in [-0.1, -0.05) is 32.0 Å². The number of carbonyl (C=O) groups is 2. The maximum absolute atomic E-state index is 12.2. The number of hydrogen-bond acceptors (Lipinski definition) is 4. The highest BCUT2D eigenvalue weighted by Gasteiger charge is 2.24. The number of para-hydroxylation sites is 1. The van der Waals surface area contributed by atoms with Gasteiger partial charge in [0.1, 0.15) is 11.7 Å². The maximum Gasteiger partial charge on any atom is 0.326 e. The number of benzene rings is 1. The molecule has 0 saturated heterocycles. The van der Waals surface area contributed by atoms with Crippen LogP contribution in [0.2, 0.25) is 0 Å². The molecule has 7 heteroatoms. The molecule has 2 N–H and O–H groups in total. The summed E-state index contributed by atoms with van der Waals surface area (Å²) in [6.07, 6.45) is 0. The van der Waals surface area contributed by atoms with Gasteiger partial charge in [-0.25, -0.2) is 4.79 Å². The molecule has 23 heavy (non-hydrogen) atoms. The zero-order chi connectivity index (χ0) is 17.0. The first-order chi connectivity index (χ1) is 10.9. The zero-order valence-electron chi connectivity index (χ0n) is 12.8. The fourth-order valence-corrected chi connectivity index (χ4v) is 2.02. The summed E-state index contributed by atoms with van der Waals surface area (Å²) in [4.78, 5) is 35.3. The molecule has 2 aromatic rings. The summed E-state index contributed by atoms with van der Waals surface area (Å²) in [5.74, 6) is -2.04. The lowest BCUT2D eigenvalue weighted by atomic mass is 10.0. The molecule has 0 unspecified atom stereocenters. The highest BCUT2D eigenvalue weighted by molar-refractivity contribution is 5.94. The molecule has 0 saturated carbocycles. The van der Waals surface area contributed by atoms with E-state index in [0.717, 1.165) is 4.68 Å². The topological polar surface area (TPSA) is 101 Å². The van der Waals surface area contributed by atoms with E-state index in [2.05, 4.69) is 10.4 Å². The van der Waals surface area contributed by atoms with Crippen molar-refractivity contribution >= 4 is 11.9 Å². The van der Waals surface area contributed by atoms with Crippen molar-refractivity contribution < 1.29 is 14.7 Å². The van der Waals surface area contributed by atoms with E-state index < -0.39 is 17.9 Å². The molecule has 1 atom stereocenters. The number of nitrogens with zero attached hydrogens (tertiary/aromatic N) is 2. The smallest absolute Gasteiger partial charge is 0.326 e. The lowest BCUT2D eigenvalue weighted by Crippen LogP contribution is -2.45. The SMILES string of the molecule is CC(C)[C@H](NC(=O)c1ccc(=O)n(-c2ccccc2)n1)C(=O)O. The fourth-order valence-electron chi connectivity index (χ4n) is 2.02. The average molecular weight is 315 g/mol. The molecule has 0 aliphatic heterocycles. The van der Waals surface area contributed by atoms with Gasteiger partial charge in [0.2, 0.25) is 0 Å². The number of nitrogens with one attached hydrogen (secondary N) is 1. The van der Waals surface area contributed by atoms with Gasteiger partial charge in [-0.05, 0) is 24.1 Å². The number of carboxylic acids is 1. The number of aromatic nitrogens is 2. The van der Waals surface area contributed by atoms with Gasteiger partial charge >= 0.3 is 5.97 Å². The number of hydrogen-bond donors (Lipinski definition) is 2. The highest BCUT2D eigenvalue weighted by Crippen LogP contribution is 2.05. The Hall–Kier alpha value is -2.96. The Balaban J connectivity index is 2.32. The Labute approximate surface area is 132 Å². The molecule has 120 valence electrons. The Kier molecular flexibility index (Phi) is 4.90. The van der Waals surface area contributed by atoms with Gasteiger partial charge in [-0.2, -0.15) is 9.78 Å². The van der Waals surface area contributed by atoms with E-state index in [9.17, 15) is 14.4 Å². The molecule has 1 heterocycles. The molecule has 2 rings (SSSR count). The number of carbonyl (C=O) groups excluding carboxylic acids is 1. The highest BCUT2D eigenvalue weighted by atomic mass is 16.4. The van der Waals surface area contributed by atoms with Gasteiger partial charge in [0, 0.05) is 6.07 Å². The molecule has 0 aliphatic rings. The van der Waals surface area contributed by atoms with Crippen LogP contribution in [-0.2, 0) is 4.79 Å². The van der Waals surface area contributed by atoms with Crippen LogP contribution < -0.4 is 10.9 Å². The first-order valence-corrected chi connectivity index (χ1v) is 7.09. The molecule has 7 nitrogen and oxygen atoms in total. The number of rotatable bonds is 5. The molecule has 0 spiro atoms. The van der Waals surface area contributed by atoms with Crippen molar-refractivity contribution in [1.29, 1.82) is 0 Å².